The van der Waals surface area contributed by atoms with Crippen molar-refractivity contribution in [1.29, 1.82) is 0 Å². The van der Waals surface area contributed by atoms with E-state index >= 15 is 0 Å². The van der Waals surface area contributed by atoms with E-state index in [1.807, 2.05) is 25.2 Å². The van der Waals surface area contributed by atoms with Gasteiger partial charge in [0.1, 0.15) is 5.69 Å². The van der Waals surface area contributed by atoms with E-state index in [2.05, 4.69) is 43.6 Å². The molecule has 0 aliphatic carbocycles. The Hall–Kier alpha value is -0.600. The zero-order valence-corrected chi connectivity index (χ0v) is 13.8. The van der Waals surface area contributed by atoms with Crippen molar-refractivity contribution in [3.8, 4) is 5.75 Å². The first-order valence-electron chi connectivity index (χ1n) is 5.31. The maximum atomic E-state index is 6.34. The topological polar surface area (TPSA) is 53.1 Å². The van der Waals surface area contributed by atoms with Crippen molar-refractivity contribution < 1.29 is 4.74 Å². The standard InChI is InChI=1S/C12H13BrIN3O/c1-17-12(10(18-2)6-16-17)11(15)8-5-7(13)3-4-9(8)14/h3-6,11H,15H2,1-2H3. The smallest absolute Gasteiger partial charge is 0.161 e. The second-order valence-corrected chi connectivity index (χ2v) is 5.94. The minimum absolute atomic E-state index is 0.267. The van der Waals surface area contributed by atoms with Crippen molar-refractivity contribution in [3.05, 3.63) is 43.7 Å². The summed E-state index contributed by atoms with van der Waals surface area (Å²) in [5.74, 6) is 0.709. The van der Waals surface area contributed by atoms with Gasteiger partial charge in [-0.2, -0.15) is 5.10 Å². The van der Waals surface area contributed by atoms with Crippen molar-refractivity contribution in [2.24, 2.45) is 12.8 Å². The van der Waals surface area contributed by atoms with Crippen LogP contribution in [0.4, 0.5) is 0 Å². The largest absolute Gasteiger partial charge is 0.493 e. The fourth-order valence-electron chi connectivity index (χ4n) is 1.84. The van der Waals surface area contributed by atoms with Crippen LogP contribution in [0.5, 0.6) is 5.75 Å². The highest BCUT2D eigenvalue weighted by Gasteiger charge is 2.20. The van der Waals surface area contributed by atoms with Crippen LogP contribution < -0.4 is 10.5 Å². The van der Waals surface area contributed by atoms with E-state index in [-0.39, 0.29) is 6.04 Å². The first-order chi connectivity index (χ1) is 8.54. The molecule has 0 saturated carbocycles. The molecule has 2 N–H and O–H groups in total. The number of nitrogens with zero attached hydrogens (tertiary/aromatic N) is 2. The number of rotatable bonds is 3. The van der Waals surface area contributed by atoms with Crippen LogP contribution in [0.15, 0.2) is 28.9 Å². The summed E-state index contributed by atoms with van der Waals surface area (Å²) in [5.41, 5.74) is 8.26. The second-order valence-electron chi connectivity index (χ2n) is 3.87. The van der Waals surface area contributed by atoms with E-state index in [9.17, 15) is 0 Å². The van der Waals surface area contributed by atoms with Gasteiger partial charge in [-0.15, -0.1) is 0 Å². The number of ether oxygens (including phenoxy) is 1. The van der Waals surface area contributed by atoms with Crippen molar-refractivity contribution in [3.63, 3.8) is 0 Å². The van der Waals surface area contributed by atoms with Gasteiger partial charge in [0.25, 0.3) is 0 Å². The van der Waals surface area contributed by atoms with E-state index in [0.29, 0.717) is 5.75 Å². The Labute approximate surface area is 128 Å². The summed E-state index contributed by atoms with van der Waals surface area (Å²) in [4.78, 5) is 0. The van der Waals surface area contributed by atoms with Crippen LogP contribution in [0.1, 0.15) is 17.3 Å². The summed E-state index contributed by atoms with van der Waals surface area (Å²) in [6.45, 7) is 0. The van der Waals surface area contributed by atoms with Gasteiger partial charge in [0.15, 0.2) is 5.75 Å². The number of benzene rings is 1. The van der Waals surface area contributed by atoms with E-state index in [0.717, 1.165) is 19.3 Å². The first-order valence-corrected chi connectivity index (χ1v) is 7.18. The average molecular weight is 422 g/mol. The number of hydrogen-bond donors (Lipinski definition) is 1. The maximum absolute atomic E-state index is 6.34. The molecule has 1 unspecified atom stereocenters. The molecule has 6 heteroatoms. The lowest BCUT2D eigenvalue weighted by Crippen LogP contribution is -2.18. The summed E-state index contributed by atoms with van der Waals surface area (Å²) < 4.78 is 9.18. The summed E-state index contributed by atoms with van der Waals surface area (Å²) in [6, 6.07) is 5.79. The van der Waals surface area contributed by atoms with Crippen LogP contribution in [0.2, 0.25) is 0 Å². The molecule has 0 spiro atoms. The molecule has 1 aromatic heterocycles. The lowest BCUT2D eigenvalue weighted by molar-refractivity contribution is 0.406. The van der Waals surface area contributed by atoms with Crippen molar-refractivity contribution in [2.45, 2.75) is 6.04 Å². The zero-order chi connectivity index (χ0) is 13.3. The van der Waals surface area contributed by atoms with E-state index in [1.54, 1.807) is 18.0 Å². The number of hydrogen-bond acceptors (Lipinski definition) is 3. The predicted molar refractivity (Wildman–Crippen MR) is 82.6 cm³/mol. The highest BCUT2D eigenvalue weighted by atomic mass is 127. The number of aryl methyl sites for hydroxylation is 1. The second kappa shape index (κ2) is 5.58. The summed E-state index contributed by atoms with van der Waals surface area (Å²) in [6.07, 6.45) is 1.68. The van der Waals surface area contributed by atoms with Crippen LogP contribution in [0.25, 0.3) is 0 Å². The normalized spacial score (nSPS) is 12.5. The molecule has 0 fully saturated rings. The summed E-state index contributed by atoms with van der Waals surface area (Å²) >= 11 is 5.75. The molecular weight excluding hydrogens is 409 g/mol. The molecule has 2 rings (SSSR count). The fraction of sp³-hybridized carbons (Fsp3) is 0.250. The highest BCUT2D eigenvalue weighted by Crippen LogP contribution is 2.31. The van der Waals surface area contributed by atoms with Gasteiger partial charge >= 0.3 is 0 Å². The first kappa shape index (κ1) is 13.8. The molecule has 0 saturated heterocycles. The lowest BCUT2D eigenvalue weighted by atomic mass is 10.0. The average Bonchev–Trinajstić information content (AvgIpc) is 2.72. The van der Waals surface area contributed by atoms with Crippen LogP contribution in [-0.4, -0.2) is 16.9 Å². The monoisotopic (exact) mass is 421 g/mol. The van der Waals surface area contributed by atoms with E-state index in [4.69, 9.17) is 10.5 Å². The fourth-order valence-corrected chi connectivity index (χ4v) is 2.89. The Morgan fingerprint density at radius 3 is 2.89 bits per heavy atom. The lowest BCUT2D eigenvalue weighted by Gasteiger charge is -2.16. The Morgan fingerprint density at radius 2 is 2.22 bits per heavy atom. The Morgan fingerprint density at radius 1 is 1.50 bits per heavy atom. The van der Waals surface area contributed by atoms with E-state index < -0.39 is 0 Å². The molecule has 1 aromatic carbocycles. The quantitative estimate of drug-likeness (QED) is 0.775. The van der Waals surface area contributed by atoms with Gasteiger partial charge in [-0.25, -0.2) is 0 Å². The van der Waals surface area contributed by atoms with Crippen LogP contribution in [0, 0.1) is 3.57 Å². The van der Waals surface area contributed by atoms with Gasteiger partial charge in [0.05, 0.1) is 19.3 Å². The van der Waals surface area contributed by atoms with Crippen LogP contribution in [-0.2, 0) is 7.05 Å². The molecule has 0 aliphatic rings. The number of aromatic nitrogens is 2. The predicted octanol–water partition coefficient (Wildman–Crippen LogP) is 2.84. The number of halogens is 2. The molecule has 0 amide bonds. The molecule has 1 heterocycles. The van der Waals surface area contributed by atoms with Gasteiger partial charge in [0, 0.05) is 15.1 Å². The molecule has 1 atom stereocenters. The molecule has 4 nitrogen and oxygen atoms in total. The molecule has 2 aromatic rings. The molecule has 18 heavy (non-hydrogen) atoms. The Balaban J connectivity index is 2.50. The van der Waals surface area contributed by atoms with Gasteiger partial charge in [-0.3, -0.25) is 4.68 Å². The van der Waals surface area contributed by atoms with E-state index in [1.165, 1.54) is 0 Å². The molecular formula is C12H13BrIN3O. The van der Waals surface area contributed by atoms with Crippen LogP contribution in [0.3, 0.4) is 0 Å². The molecule has 96 valence electrons. The third-order valence-electron chi connectivity index (χ3n) is 2.76. The van der Waals surface area contributed by atoms with Crippen molar-refractivity contribution in [1.82, 2.24) is 9.78 Å². The zero-order valence-electron chi connectivity index (χ0n) is 10.0. The molecule has 0 bridgehead atoms. The van der Waals surface area contributed by atoms with Crippen LogP contribution >= 0.6 is 38.5 Å². The van der Waals surface area contributed by atoms with Gasteiger partial charge < -0.3 is 10.5 Å². The molecule has 0 aliphatic heterocycles. The van der Waals surface area contributed by atoms with Gasteiger partial charge in [-0.05, 0) is 46.4 Å². The third-order valence-corrected chi connectivity index (χ3v) is 4.23. The third kappa shape index (κ3) is 2.55. The SMILES string of the molecule is COc1cnn(C)c1C(N)c1cc(Br)ccc1I. The summed E-state index contributed by atoms with van der Waals surface area (Å²) in [7, 11) is 3.49. The molecule has 0 radical (unpaired) electrons. The Bertz CT molecular complexity index is 570. The van der Waals surface area contributed by atoms with Crippen molar-refractivity contribution >= 4 is 38.5 Å². The minimum Gasteiger partial charge on any atom is -0.493 e. The van der Waals surface area contributed by atoms with Crippen molar-refractivity contribution in [2.75, 3.05) is 7.11 Å². The number of methoxy groups -OCH3 is 1. The highest BCUT2D eigenvalue weighted by molar-refractivity contribution is 14.1. The maximum Gasteiger partial charge on any atom is 0.161 e. The minimum atomic E-state index is -0.267. The summed E-state index contributed by atoms with van der Waals surface area (Å²) in [5, 5.41) is 4.18. The van der Waals surface area contributed by atoms with Gasteiger partial charge in [-0.1, -0.05) is 15.9 Å². The number of nitrogens with two attached hydrogens (primary N) is 1. The Kier molecular flexibility index (Phi) is 4.29. The van der Waals surface area contributed by atoms with Gasteiger partial charge in [0.2, 0.25) is 0 Å².